The molecule has 6 heteroatoms. The first-order valence-corrected chi connectivity index (χ1v) is 8.58. The maximum Gasteiger partial charge on any atom is 0.320 e. The van der Waals surface area contributed by atoms with Gasteiger partial charge in [0.15, 0.2) is 0 Å². The summed E-state index contributed by atoms with van der Waals surface area (Å²) in [6, 6.07) is 15.6. The van der Waals surface area contributed by atoms with Gasteiger partial charge in [-0.25, -0.2) is 0 Å². The molecule has 3 N–H and O–H groups in total. The van der Waals surface area contributed by atoms with E-state index in [2.05, 4.69) is 10.6 Å². The monoisotopic (exact) mass is 356 g/mol. The fourth-order valence-corrected chi connectivity index (χ4v) is 2.44. The number of rotatable bonds is 9. The quantitative estimate of drug-likeness (QED) is 0.640. The van der Waals surface area contributed by atoms with Gasteiger partial charge in [-0.1, -0.05) is 44.5 Å². The fraction of sp³-hybridized carbons (Fsp3) is 0.300. The number of carbonyl (C=O) groups is 2. The van der Waals surface area contributed by atoms with Crippen molar-refractivity contribution in [2.45, 2.75) is 26.3 Å². The Balaban J connectivity index is 1.92. The summed E-state index contributed by atoms with van der Waals surface area (Å²) < 4.78 is 5.73. The molecule has 2 aromatic carbocycles. The van der Waals surface area contributed by atoms with Crippen LogP contribution in [0.25, 0.3) is 0 Å². The van der Waals surface area contributed by atoms with Crippen molar-refractivity contribution in [3.8, 4) is 11.5 Å². The van der Waals surface area contributed by atoms with E-state index in [1.807, 2.05) is 44.2 Å². The summed E-state index contributed by atoms with van der Waals surface area (Å²) in [6.45, 7) is 3.68. The molecule has 6 nitrogen and oxygen atoms in total. The lowest BCUT2D eigenvalue weighted by Crippen LogP contribution is -2.45. The fourth-order valence-electron chi connectivity index (χ4n) is 2.44. The number of carboxylic acid groups (broad SMARTS) is 1. The lowest BCUT2D eigenvalue weighted by Gasteiger charge is -2.19. The first-order valence-electron chi connectivity index (χ1n) is 8.58. The van der Waals surface area contributed by atoms with Crippen LogP contribution in [0.15, 0.2) is 54.6 Å². The van der Waals surface area contributed by atoms with Crippen molar-refractivity contribution in [1.29, 1.82) is 0 Å². The van der Waals surface area contributed by atoms with Gasteiger partial charge in [-0.2, -0.15) is 0 Å². The maximum absolute atomic E-state index is 12.1. The van der Waals surface area contributed by atoms with Gasteiger partial charge in [-0.05, 0) is 30.2 Å². The lowest BCUT2D eigenvalue weighted by molar-refractivity contribution is -0.140. The lowest BCUT2D eigenvalue weighted by atomic mass is 9.99. The summed E-state index contributed by atoms with van der Waals surface area (Å²) in [5.41, 5.74) is 0.584. The molecule has 0 aliphatic rings. The van der Waals surface area contributed by atoms with E-state index in [9.17, 15) is 14.7 Å². The second kappa shape index (κ2) is 9.58. The Kier molecular flexibility index (Phi) is 7.17. The predicted molar refractivity (Wildman–Crippen MR) is 100 cm³/mol. The van der Waals surface area contributed by atoms with Crippen LogP contribution < -0.4 is 15.4 Å². The Morgan fingerprint density at radius 1 is 1.08 bits per heavy atom. The third kappa shape index (κ3) is 5.89. The van der Waals surface area contributed by atoms with E-state index in [-0.39, 0.29) is 18.4 Å². The summed E-state index contributed by atoms with van der Waals surface area (Å²) in [6.07, 6.45) is 0.713. The van der Waals surface area contributed by atoms with Crippen molar-refractivity contribution in [3.05, 3.63) is 54.6 Å². The Morgan fingerprint density at radius 3 is 2.42 bits per heavy atom. The highest BCUT2D eigenvalue weighted by Gasteiger charge is 2.23. The molecule has 0 bridgehead atoms. The van der Waals surface area contributed by atoms with Crippen molar-refractivity contribution < 1.29 is 19.4 Å². The van der Waals surface area contributed by atoms with Crippen LogP contribution in [0.1, 0.15) is 20.3 Å². The number of aliphatic carboxylic acids is 1. The Labute approximate surface area is 153 Å². The summed E-state index contributed by atoms with van der Waals surface area (Å²) in [5, 5.41) is 14.8. The van der Waals surface area contributed by atoms with Gasteiger partial charge in [0.05, 0.1) is 6.54 Å². The average molecular weight is 356 g/mol. The molecule has 0 saturated carbocycles. The molecule has 0 saturated heterocycles. The summed E-state index contributed by atoms with van der Waals surface area (Å²) in [5.74, 6) is -0.0230. The van der Waals surface area contributed by atoms with Gasteiger partial charge >= 0.3 is 5.97 Å². The molecular formula is C20H24N2O4. The average Bonchev–Trinajstić information content (AvgIpc) is 2.62. The van der Waals surface area contributed by atoms with Crippen LogP contribution >= 0.6 is 0 Å². The topological polar surface area (TPSA) is 87.7 Å². The smallest absolute Gasteiger partial charge is 0.320 e. The predicted octanol–water partition coefficient (Wildman–Crippen LogP) is 3.51. The molecule has 0 aliphatic heterocycles. The van der Waals surface area contributed by atoms with Crippen LogP contribution in [0.5, 0.6) is 11.5 Å². The van der Waals surface area contributed by atoms with E-state index in [0.717, 1.165) is 0 Å². The number of nitrogens with one attached hydrogen (secondary N) is 2. The second-order valence-corrected chi connectivity index (χ2v) is 6.07. The maximum atomic E-state index is 12.1. The van der Waals surface area contributed by atoms with E-state index >= 15 is 0 Å². The van der Waals surface area contributed by atoms with Crippen molar-refractivity contribution in [2.75, 3.05) is 11.9 Å². The molecule has 0 radical (unpaired) electrons. The minimum Gasteiger partial charge on any atom is -0.480 e. The molecule has 0 unspecified atom stereocenters. The summed E-state index contributed by atoms with van der Waals surface area (Å²) >= 11 is 0. The van der Waals surface area contributed by atoms with E-state index in [0.29, 0.717) is 23.6 Å². The minimum absolute atomic E-state index is 0.0668. The molecule has 2 atom stereocenters. The number of para-hydroxylation sites is 1. The van der Waals surface area contributed by atoms with Crippen molar-refractivity contribution in [2.24, 2.45) is 5.92 Å². The molecule has 0 aromatic heterocycles. The number of carbonyl (C=O) groups excluding carboxylic acids is 1. The zero-order valence-corrected chi connectivity index (χ0v) is 14.9. The van der Waals surface area contributed by atoms with E-state index in [4.69, 9.17) is 4.74 Å². The summed E-state index contributed by atoms with van der Waals surface area (Å²) in [7, 11) is 0. The van der Waals surface area contributed by atoms with Crippen LogP contribution in [-0.4, -0.2) is 29.6 Å². The number of benzene rings is 2. The molecule has 2 rings (SSSR count). The molecule has 2 aromatic rings. The highest BCUT2D eigenvalue weighted by atomic mass is 16.5. The first kappa shape index (κ1) is 19.5. The molecular weight excluding hydrogens is 332 g/mol. The third-order valence-electron chi connectivity index (χ3n) is 4.06. The van der Waals surface area contributed by atoms with E-state index < -0.39 is 12.0 Å². The third-order valence-corrected chi connectivity index (χ3v) is 4.06. The van der Waals surface area contributed by atoms with Crippen LogP contribution in [0.3, 0.4) is 0 Å². The second-order valence-electron chi connectivity index (χ2n) is 6.07. The van der Waals surface area contributed by atoms with Gasteiger partial charge in [0.25, 0.3) is 0 Å². The van der Waals surface area contributed by atoms with Crippen molar-refractivity contribution in [3.63, 3.8) is 0 Å². The van der Waals surface area contributed by atoms with E-state index in [1.165, 1.54) is 0 Å². The van der Waals surface area contributed by atoms with Gasteiger partial charge in [-0.15, -0.1) is 0 Å². The van der Waals surface area contributed by atoms with Gasteiger partial charge in [0, 0.05) is 11.8 Å². The number of hydrogen-bond acceptors (Lipinski definition) is 4. The zero-order chi connectivity index (χ0) is 18.9. The zero-order valence-electron chi connectivity index (χ0n) is 14.9. The van der Waals surface area contributed by atoms with Crippen LogP contribution in [0, 0.1) is 5.92 Å². The molecule has 0 heterocycles. The van der Waals surface area contributed by atoms with E-state index in [1.54, 1.807) is 24.3 Å². The summed E-state index contributed by atoms with van der Waals surface area (Å²) in [4.78, 5) is 23.4. The van der Waals surface area contributed by atoms with Gasteiger partial charge in [0.2, 0.25) is 5.91 Å². The minimum atomic E-state index is -0.953. The van der Waals surface area contributed by atoms with Crippen molar-refractivity contribution >= 4 is 17.6 Å². The normalized spacial score (nSPS) is 12.8. The molecule has 0 aliphatic carbocycles. The van der Waals surface area contributed by atoms with Gasteiger partial charge in [-0.3, -0.25) is 14.9 Å². The Bertz CT molecular complexity index is 734. The van der Waals surface area contributed by atoms with Crippen LogP contribution in [-0.2, 0) is 9.59 Å². The number of carboxylic acids is 1. The van der Waals surface area contributed by atoms with Crippen LogP contribution in [0.2, 0.25) is 0 Å². The largest absolute Gasteiger partial charge is 0.480 e. The SMILES string of the molecule is CC[C@H](C)[C@H](NCC(=O)Nc1cccc(Oc2ccccc2)c1)C(=O)O. The number of amides is 1. The Hall–Kier alpha value is -2.86. The number of ether oxygens (including phenoxy) is 1. The Morgan fingerprint density at radius 2 is 1.77 bits per heavy atom. The van der Waals surface area contributed by atoms with Gasteiger partial charge < -0.3 is 15.2 Å². The molecule has 0 spiro atoms. The molecule has 1 amide bonds. The van der Waals surface area contributed by atoms with Gasteiger partial charge in [0.1, 0.15) is 17.5 Å². The number of anilines is 1. The molecule has 138 valence electrons. The first-order chi connectivity index (χ1) is 12.5. The highest BCUT2D eigenvalue weighted by molar-refractivity contribution is 5.92. The number of hydrogen-bond donors (Lipinski definition) is 3. The standard InChI is InChI=1S/C20H24N2O4/c1-3-14(2)19(20(24)25)21-13-18(23)22-15-8-7-11-17(12-15)26-16-9-5-4-6-10-16/h4-12,14,19,21H,3,13H2,1-2H3,(H,22,23)(H,24,25)/t14-,19-/m0/s1. The van der Waals surface area contributed by atoms with Crippen molar-refractivity contribution in [1.82, 2.24) is 5.32 Å². The van der Waals surface area contributed by atoms with Crippen LogP contribution in [0.4, 0.5) is 5.69 Å². The highest BCUT2D eigenvalue weighted by Crippen LogP contribution is 2.23. The molecule has 26 heavy (non-hydrogen) atoms. The molecule has 0 fully saturated rings.